The molecule has 0 atom stereocenters. The van der Waals surface area contributed by atoms with Gasteiger partial charge in [0.25, 0.3) is 11.6 Å². The number of alkyl halides is 6. The maximum Gasteiger partial charge on any atom is 0.454 e. The van der Waals surface area contributed by atoms with Crippen LogP contribution in [0.3, 0.4) is 0 Å². The first-order valence-electron chi connectivity index (χ1n) is 8.40. The summed E-state index contributed by atoms with van der Waals surface area (Å²) < 4.78 is 78.0. The number of rotatable bonds is 7. The van der Waals surface area contributed by atoms with Crippen molar-refractivity contribution in [2.24, 2.45) is 0 Å². The number of halogens is 6. The Hall–Kier alpha value is -2.03. The van der Waals surface area contributed by atoms with Crippen LogP contribution in [-0.2, 0) is 0 Å². The van der Waals surface area contributed by atoms with Crippen molar-refractivity contribution in [2.45, 2.75) is 43.4 Å². The Bertz CT molecular complexity index is 886. The average molecular weight is 422 g/mol. The topological polar surface area (TPSA) is 34.1 Å². The van der Waals surface area contributed by atoms with Gasteiger partial charge in [0.2, 0.25) is 0 Å². The van der Waals surface area contributed by atoms with E-state index < -0.39 is 35.0 Å². The predicted molar refractivity (Wildman–Crippen MR) is 95.0 cm³/mol. The summed E-state index contributed by atoms with van der Waals surface area (Å²) in [4.78, 5) is 23.6. The predicted octanol–water partition coefficient (Wildman–Crippen LogP) is 6.61. The first-order chi connectivity index (χ1) is 13.0. The number of benzene rings is 2. The lowest BCUT2D eigenvalue weighted by Crippen LogP contribution is -2.26. The highest BCUT2D eigenvalue weighted by Gasteiger charge is 2.44. The highest BCUT2D eigenvalue weighted by Crippen LogP contribution is 2.39. The van der Waals surface area contributed by atoms with Crippen molar-refractivity contribution >= 4 is 34.1 Å². The summed E-state index contributed by atoms with van der Waals surface area (Å²) >= 11 is 0.975. The minimum atomic E-state index is -5.28. The molecule has 0 saturated heterocycles. The molecule has 2 aromatic rings. The van der Waals surface area contributed by atoms with Crippen LogP contribution < -0.4 is 0 Å². The maximum atomic E-state index is 13.1. The summed E-state index contributed by atoms with van der Waals surface area (Å²) in [5, 5.41) is -0.117. The van der Waals surface area contributed by atoms with Crippen LogP contribution in [0.15, 0.2) is 35.2 Å². The second kappa shape index (κ2) is 8.55. The maximum absolute atomic E-state index is 13.1. The fourth-order valence-electron chi connectivity index (χ4n) is 2.69. The van der Waals surface area contributed by atoms with Crippen LogP contribution in [0.1, 0.15) is 46.9 Å². The Balaban J connectivity index is 2.73. The Morgan fingerprint density at radius 1 is 0.857 bits per heavy atom. The fraction of sp³-hybridized carbons (Fsp3) is 0.368. The van der Waals surface area contributed by atoms with E-state index in [9.17, 15) is 35.9 Å². The highest BCUT2D eigenvalue weighted by molar-refractivity contribution is 7.99. The van der Waals surface area contributed by atoms with E-state index in [-0.39, 0.29) is 15.7 Å². The lowest BCUT2D eigenvalue weighted by molar-refractivity contribution is -0.0888. The normalized spacial score (nSPS) is 12.4. The van der Waals surface area contributed by atoms with Crippen molar-refractivity contribution in [3.8, 4) is 0 Å². The van der Waals surface area contributed by atoms with Crippen molar-refractivity contribution in [1.29, 1.82) is 0 Å². The third-order valence-corrected chi connectivity index (χ3v) is 5.21. The quantitative estimate of drug-likeness (QED) is 0.218. The first kappa shape index (κ1) is 22.3. The molecule has 0 aliphatic rings. The van der Waals surface area contributed by atoms with Gasteiger partial charge >= 0.3 is 12.4 Å². The molecule has 9 heteroatoms. The minimum Gasteiger partial charge on any atom is -0.284 e. The number of hydrogen-bond donors (Lipinski definition) is 0. The van der Waals surface area contributed by atoms with Gasteiger partial charge in [0.1, 0.15) is 0 Å². The summed E-state index contributed by atoms with van der Waals surface area (Å²) in [6.45, 7) is 1.94. The molecule has 28 heavy (non-hydrogen) atoms. The smallest absolute Gasteiger partial charge is 0.284 e. The van der Waals surface area contributed by atoms with Crippen molar-refractivity contribution in [1.82, 2.24) is 0 Å². The van der Waals surface area contributed by atoms with Crippen molar-refractivity contribution in [3.63, 3.8) is 0 Å². The van der Waals surface area contributed by atoms with E-state index >= 15 is 0 Å². The number of fused-ring (bicyclic) bond motifs is 1. The van der Waals surface area contributed by atoms with Gasteiger partial charge in [-0.25, -0.2) is 0 Å². The summed E-state index contributed by atoms with van der Waals surface area (Å²) in [5.74, 6) is -4.17. The third kappa shape index (κ3) is 4.87. The molecule has 152 valence electrons. The zero-order chi connectivity index (χ0) is 21.1. The van der Waals surface area contributed by atoms with Gasteiger partial charge in [0, 0.05) is 16.0 Å². The molecule has 0 N–H and O–H groups in total. The number of hydrogen-bond acceptors (Lipinski definition) is 3. The Morgan fingerprint density at radius 3 is 1.93 bits per heavy atom. The van der Waals surface area contributed by atoms with E-state index in [1.54, 1.807) is 0 Å². The van der Waals surface area contributed by atoms with Gasteiger partial charge in [-0.05, 0) is 29.0 Å². The van der Waals surface area contributed by atoms with Crippen LogP contribution in [0.25, 0.3) is 10.8 Å². The molecule has 0 aliphatic heterocycles. The molecule has 0 saturated carbocycles. The van der Waals surface area contributed by atoms with Gasteiger partial charge < -0.3 is 0 Å². The first-order valence-corrected chi connectivity index (χ1v) is 9.38. The van der Waals surface area contributed by atoms with Gasteiger partial charge in [-0.3, -0.25) is 9.59 Å². The summed E-state index contributed by atoms with van der Waals surface area (Å²) in [6.07, 6.45) is -8.21. The van der Waals surface area contributed by atoms with E-state index in [1.165, 1.54) is 24.3 Å². The van der Waals surface area contributed by atoms with E-state index in [0.29, 0.717) is 18.2 Å². The molecule has 2 rings (SSSR count). The number of unbranched alkanes of at least 4 members (excludes halogenated alkanes) is 2. The Kier molecular flexibility index (Phi) is 6.80. The number of ketones is 2. The zero-order valence-electron chi connectivity index (χ0n) is 14.7. The van der Waals surface area contributed by atoms with Gasteiger partial charge in [-0.1, -0.05) is 44.0 Å². The van der Waals surface area contributed by atoms with Gasteiger partial charge in [-0.2, -0.15) is 26.3 Å². The van der Waals surface area contributed by atoms with Crippen molar-refractivity contribution in [2.75, 3.05) is 5.75 Å². The Labute approximate surface area is 161 Å². The van der Waals surface area contributed by atoms with E-state index in [2.05, 4.69) is 0 Å². The molecular weight excluding hydrogens is 406 g/mol. The van der Waals surface area contributed by atoms with E-state index in [4.69, 9.17) is 0 Å². The highest BCUT2D eigenvalue weighted by atomic mass is 32.2. The molecule has 0 heterocycles. The number of Topliss-reactive ketones (excluding diaryl/α,β-unsaturated/α-hetero) is 2. The van der Waals surface area contributed by atoms with Crippen LogP contribution in [0.2, 0.25) is 0 Å². The second-order valence-corrected chi connectivity index (χ2v) is 7.16. The molecule has 2 nitrogen and oxygen atoms in total. The lowest BCUT2D eigenvalue weighted by Gasteiger charge is -2.17. The van der Waals surface area contributed by atoms with Crippen molar-refractivity contribution < 1.29 is 35.9 Å². The Morgan fingerprint density at radius 2 is 1.39 bits per heavy atom. The number of carbonyl (C=O) groups excluding carboxylic acids is 2. The van der Waals surface area contributed by atoms with Gasteiger partial charge in [0.05, 0.1) is 0 Å². The minimum absolute atomic E-state index is 0.0201. The lowest BCUT2D eigenvalue weighted by atomic mass is 9.95. The largest absolute Gasteiger partial charge is 0.454 e. The monoisotopic (exact) mass is 422 g/mol. The molecule has 0 aromatic heterocycles. The summed E-state index contributed by atoms with van der Waals surface area (Å²) in [7, 11) is 0. The van der Waals surface area contributed by atoms with E-state index in [0.717, 1.165) is 24.6 Å². The van der Waals surface area contributed by atoms with Crippen LogP contribution >= 0.6 is 11.8 Å². The van der Waals surface area contributed by atoms with Crippen LogP contribution in [0.4, 0.5) is 26.3 Å². The zero-order valence-corrected chi connectivity index (χ0v) is 15.5. The molecule has 0 spiro atoms. The second-order valence-electron chi connectivity index (χ2n) is 6.06. The van der Waals surface area contributed by atoms with Crippen molar-refractivity contribution in [3.05, 3.63) is 41.5 Å². The number of thioether (sulfide) groups is 1. The SMILES string of the molecule is CCCCCSc1c(C(=O)C(F)(F)F)cc(C(=O)C(F)(F)F)c2ccccc12. The van der Waals surface area contributed by atoms with Gasteiger partial charge in [0.15, 0.2) is 0 Å². The summed E-state index contributed by atoms with van der Waals surface area (Å²) in [5.41, 5.74) is -1.89. The van der Waals surface area contributed by atoms with Crippen LogP contribution in [-0.4, -0.2) is 29.7 Å². The average Bonchev–Trinajstić information content (AvgIpc) is 2.62. The third-order valence-electron chi connectivity index (χ3n) is 3.99. The standard InChI is InChI=1S/C19H16F6O2S/c1-2-3-6-9-28-15-12-8-5-4-7-11(12)13(16(26)18(20,21)22)10-14(15)17(27)19(23,24)25/h4-5,7-8,10H,2-3,6,9H2,1H3. The van der Waals surface area contributed by atoms with Gasteiger partial charge in [-0.15, -0.1) is 11.8 Å². The molecule has 0 aliphatic carbocycles. The summed E-state index contributed by atoms with van der Waals surface area (Å²) in [6, 6.07) is 5.79. The molecule has 2 aromatic carbocycles. The number of carbonyl (C=O) groups is 2. The van der Waals surface area contributed by atoms with Crippen LogP contribution in [0.5, 0.6) is 0 Å². The molecule has 0 radical (unpaired) electrons. The molecule has 0 fully saturated rings. The molecule has 0 amide bonds. The molecule has 0 unspecified atom stereocenters. The van der Waals surface area contributed by atoms with Crippen LogP contribution in [0, 0.1) is 0 Å². The molecular formula is C19H16F6O2S. The van der Waals surface area contributed by atoms with E-state index in [1.807, 2.05) is 6.92 Å². The molecule has 0 bridgehead atoms. The fourth-order valence-corrected chi connectivity index (χ4v) is 3.89.